The molecule has 2 atom stereocenters. The molecular weight excluding hydrogens is 612 g/mol. The number of ether oxygens (including phenoxy) is 3. The van der Waals surface area contributed by atoms with Gasteiger partial charge in [0.25, 0.3) is 5.69 Å². The molecular formula is C33H44N4O10. The van der Waals surface area contributed by atoms with Crippen LogP contribution in [0.3, 0.4) is 0 Å². The zero-order valence-electron chi connectivity index (χ0n) is 27.6. The predicted octanol–water partition coefficient (Wildman–Crippen LogP) is 5.19. The van der Waals surface area contributed by atoms with E-state index in [-0.39, 0.29) is 48.7 Å². The second-order valence-corrected chi connectivity index (χ2v) is 12.2. The number of nitrogens with zero attached hydrogens (tertiary/aromatic N) is 1. The number of nitro benzene ring substituents is 1. The average molecular weight is 657 g/mol. The molecule has 2 aromatic rings. The van der Waals surface area contributed by atoms with Gasteiger partial charge in [-0.15, -0.1) is 0 Å². The highest BCUT2D eigenvalue weighted by Crippen LogP contribution is 2.18. The van der Waals surface area contributed by atoms with E-state index in [2.05, 4.69) is 16.0 Å². The molecule has 0 aliphatic heterocycles. The lowest BCUT2D eigenvalue weighted by Crippen LogP contribution is -2.53. The van der Waals surface area contributed by atoms with Crippen molar-refractivity contribution in [3.05, 3.63) is 64.2 Å². The Morgan fingerprint density at radius 3 is 2.02 bits per heavy atom. The first-order chi connectivity index (χ1) is 22.0. The van der Waals surface area contributed by atoms with E-state index in [4.69, 9.17) is 14.2 Å². The summed E-state index contributed by atoms with van der Waals surface area (Å²) in [6.45, 7) is 10.4. The Balaban J connectivity index is 1.75. The highest BCUT2D eigenvalue weighted by molar-refractivity contribution is 5.98. The van der Waals surface area contributed by atoms with Crippen LogP contribution in [-0.4, -0.2) is 52.5 Å². The van der Waals surface area contributed by atoms with Gasteiger partial charge < -0.3 is 30.2 Å². The van der Waals surface area contributed by atoms with Crippen LogP contribution in [-0.2, 0) is 35.3 Å². The number of nitro groups is 1. The average Bonchev–Trinajstić information content (AvgIpc) is 2.98. The van der Waals surface area contributed by atoms with E-state index < -0.39 is 40.6 Å². The monoisotopic (exact) mass is 656 g/mol. The van der Waals surface area contributed by atoms with Crippen molar-refractivity contribution >= 4 is 41.2 Å². The number of nitrogens with one attached hydrogen (secondary N) is 3. The molecule has 14 heteroatoms. The van der Waals surface area contributed by atoms with Crippen molar-refractivity contribution in [2.45, 2.75) is 97.9 Å². The van der Waals surface area contributed by atoms with Gasteiger partial charge in [0, 0.05) is 30.7 Å². The van der Waals surface area contributed by atoms with Gasteiger partial charge in [-0.3, -0.25) is 29.3 Å². The van der Waals surface area contributed by atoms with Gasteiger partial charge >= 0.3 is 12.1 Å². The molecule has 0 spiro atoms. The number of hydrogen-bond acceptors (Lipinski definition) is 10. The molecule has 0 saturated carbocycles. The fourth-order valence-electron chi connectivity index (χ4n) is 4.11. The van der Waals surface area contributed by atoms with Crippen LogP contribution in [0.1, 0.15) is 79.2 Å². The summed E-state index contributed by atoms with van der Waals surface area (Å²) in [5.74, 6) is -1.69. The number of amides is 3. The van der Waals surface area contributed by atoms with Crippen molar-refractivity contribution < 1.29 is 43.1 Å². The fraction of sp³-hybridized carbons (Fsp3) is 0.485. The number of carbonyl (C=O) groups is 5. The molecule has 14 nitrogen and oxygen atoms in total. The van der Waals surface area contributed by atoms with E-state index in [1.807, 2.05) is 0 Å². The van der Waals surface area contributed by atoms with Crippen LogP contribution in [0.5, 0.6) is 5.75 Å². The molecule has 3 N–H and O–H groups in total. The number of anilines is 1. The molecule has 3 amide bonds. The van der Waals surface area contributed by atoms with Crippen molar-refractivity contribution in [1.29, 1.82) is 0 Å². The van der Waals surface area contributed by atoms with Crippen molar-refractivity contribution in [2.24, 2.45) is 5.92 Å². The maximum Gasteiger partial charge on any atom is 0.514 e. The van der Waals surface area contributed by atoms with Crippen LogP contribution in [0.25, 0.3) is 0 Å². The number of rotatable bonds is 16. The summed E-state index contributed by atoms with van der Waals surface area (Å²) in [6.07, 6.45) is 1.29. The number of carbonyl (C=O) groups excluding carboxylic acids is 5. The van der Waals surface area contributed by atoms with Gasteiger partial charge in [0.15, 0.2) is 0 Å². The summed E-state index contributed by atoms with van der Waals surface area (Å²) in [7, 11) is 0. The maximum atomic E-state index is 12.9. The molecule has 47 heavy (non-hydrogen) atoms. The van der Waals surface area contributed by atoms with Gasteiger partial charge in [-0.25, -0.2) is 4.79 Å². The third-order valence-electron chi connectivity index (χ3n) is 6.55. The second-order valence-electron chi connectivity index (χ2n) is 12.2. The van der Waals surface area contributed by atoms with Crippen LogP contribution in [0.15, 0.2) is 48.5 Å². The Bertz CT molecular complexity index is 1390. The molecule has 0 fully saturated rings. The van der Waals surface area contributed by atoms with Crippen LogP contribution >= 0.6 is 0 Å². The number of unbranched alkanes of at least 4 members (excludes halogenated alkanes) is 2. The van der Waals surface area contributed by atoms with Crippen LogP contribution in [0, 0.1) is 16.0 Å². The summed E-state index contributed by atoms with van der Waals surface area (Å²) < 4.78 is 15.3. The van der Waals surface area contributed by atoms with E-state index in [1.165, 1.54) is 31.2 Å². The highest BCUT2D eigenvalue weighted by atomic mass is 16.7. The lowest BCUT2D eigenvalue weighted by atomic mass is 10.0. The SMILES string of the molecule is CC(NC(=O)[C@@H](NC(=O)CCCCCC(=O)OC(C)(C)C)C(C)C)C(=O)Nc1ccc(COC(=O)Oc2ccc([N+](=O)[O-])cc2)cc1. The summed E-state index contributed by atoms with van der Waals surface area (Å²) in [4.78, 5) is 72.1. The van der Waals surface area contributed by atoms with E-state index in [1.54, 1.807) is 58.9 Å². The van der Waals surface area contributed by atoms with Crippen LogP contribution in [0.2, 0.25) is 0 Å². The minimum atomic E-state index is -0.994. The third-order valence-corrected chi connectivity index (χ3v) is 6.55. The number of non-ortho nitro benzene ring substituents is 1. The summed E-state index contributed by atoms with van der Waals surface area (Å²) in [5, 5.41) is 18.8. The van der Waals surface area contributed by atoms with Crippen molar-refractivity contribution in [3.8, 4) is 5.75 Å². The maximum absolute atomic E-state index is 12.9. The van der Waals surface area contributed by atoms with E-state index in [0.717, 1.165) is 0 Å². The van der Waals surface area contributed by atoms with Gasteiger partial charge in [-0.05, 0) is 76.3 Å². The molecule has 0 heterocycles. The van der Waals surface area contributed by atoms with E-state index >= 15 is 0 Å². The smallest absolute Gasteiger partial charge is 0.460 e. The second kappa shape index (κ2) is 18.2. The zero-order valence-corrected chi connectivity index (χ0v) is 27.6. The van der Waals surface area contributed by atoms with Gasteiger partial charge in [0.05, 0.1) is 4.92 Å². The van der Waals surface area contributed by atoms with Crippen molar-refractivity contribution in [1.82, 2.24) is 10.6 Å². The molecule has 0 radical (unpaired) electrons. The first kappa shape index (κ1) is 38.2. The van der Waals surface area contributed by atoms with Gasteiger partial charge in [0.2, 0.25) is 17.7 Å². The summed E-state index contributed by atoms with van der Waals surface area (Å²) in [6, 6.07) is 9.64. The summed E-state index contributed by atoms with van der Waals surface area (Å²) >= 11 is 0. The predicted molar refractivity (Wildman–Crippen MR) is 172 cm³/mol. The fourth-order valence-corrected chi connectivity index (χ4v) is 4.11. The van der Waals surface area contributed by atoms with Gasteiger partial charge in [0.1, 0.15) is 30.0 Å². The van der Waals surface area contributed by atoms with Crippen LogP contribution in [0.4, 0.5) is 16.2 Å². The Morgan fingerprint density at radius 1 is 0.830 bits per heavy atom. The van der Waals surface area contributed by atoms with E-state index in [9.17, 15) is 34.1 Å². The van der Waals surface area contributed by atoms with Crippen molar-refractivity contribution in [2.75, 3.05) is 5.32 Å². The standard InChI is InChI=1S/C33H44N4O10/c1-21(2)29(36-27(38)10-8-7-9-11-28(39)47-33(4,5)6)31(41)34-22(3)30(40)35-24-14-12-23(13-15-24)20-45-32(42)46-26-18-16-25(17-19-26)37(43)44/h12-19,21-22,29H,7-11,20H2,1-6H3,(H,34,41)(H,35,40)(H,36,38)/t22?,29-/m0/s1. The summed E-state index contributed by atoms with van der Waals surface area (Å²) in [5.41, 5.74) is 0.361. The lowest BCUT2D eigenvalue weighted by molar-refractivity contribution is -0.384. The number of esters is 1. The topological polar surface area (TPSA) is 192 Å². The molecule has 2 rings (SSSR count). The van der Waals surface area contributed by atoms with Crippen LogP contribution < -0.4 is 20.7 Å². The van der Waals surface area contributed by atoms with Crippen molar-refractivity contribution in [3.63, 3.8) is 0 Å². The lowest BCUT2D eigenvalue weighted by Gasteiger charge is -2.24. The number of hydrogen-bond donors (Lipinski definition) is 3. The molecule has 2 aromatic carbocycles. The zero-order chi connectivity index (χ0) is 35.1. The minimum absolute atomic E-state index is 0.0886. The molecule has 0 bridgehead atoms. The molecule has 0 aromatic heterocycles. The molecule has 1 unspecified atom stereocenters. The highest BCUT2D eigenvalue weighted by Gasteiger charge is 2.27. The first-order valence-corrected chi connectivity index (χ1v) is 15.3. The Labute approximate surface area is 274 Å². The number of benzene rings is 2. The molecule has 0 aliphatic carbocycles. The normalized spacial score (nSPS) is 12.3. The Morgan fingerprint density at radius 2 is 1.45 bits per heavy atom. The van der Waals surface area contributed by atoms with Gasteiger partial charge in [-0.1, -0.05) is 32.4 Å². The largest absolute Gasteiger partial charge is 0.514 e. The molecule has 0 saturated heterocycles. The Hall–Kier alpha value is -5.01. The quantitative estimate of drug-likeness (QED) is 0.0712. The first-order valence-electron chi connectivity index (χ1n) is 15.3. The molecule has 0 aliphatic rings. The van der Waals surface area contributed by atoms with E-state index in [0.29, 0.717) is 30.5 Å². The molecule has 256 valence electrons. The van der Waals surface area contributed by atoms with Gasteiger partial charge in [-0.2, -0.15) is 0 Å². The minimum Gasteiger partial charge on any atom is -0.460 e. The Kier molecular flexibility index (Phi) is 14.8. The third kappa shape index (κ3) is 14.8.